The molecular weight excluding hydrogens is 212 g/mol. The Morgan fingerprint density at radius 3 is 2.71 bits per heavy atom. The number of benzene rings is 1. The van der Waals surface area contributed by atoms with Crippen LogP contribution in [0.4, 0.5) is 5.69 Å². The first kappa shape index (κ1) is 11.7. The molecule has 0 unspecified atom stereocenters. The molecule has 0 bridgehead atoms. The first-order chi connectivity index (χ1) is 8.28. The van der Waals surface area contributed by atoms with E-state index in [1.165, 1.54) is 0 Å². The van der Waals surface area contributed by atoms with Gasteiger partial charge in [-0.15, -0.1) is 0 Å². The van der Waals surface area contributed by atoms with Gasteiger partial charge in [0.05, 0.1) is 12.6 Å². The lowest BCUT2D eigenvalue weighted by atomic mass is 10.1. The molecule has 1 aromatic carbocycles. The first-order valence-corrected chi connectivity index (χ1v) is 6.00. The number of fused-ring (bicyclic) bond motifs is 1. The van der Waals surface area contributed by atoms with Crippen molar-refractivity contribution in [1.82, 2.24) is 4.98 Å². The molecule has 0 amide bonds. The van der Waals surface area contributed by atoms with Crippen molar-refractivity contribution in [3.8, 4) is 5.75 Å². The summed E-state index contributed by atoms with van der Waals surface area (Å²) < 4.78 is 5.26. The monoisotopic (exact) mass is 230 g/mol. The number of methoxy groups -OCH3 is 1. The van der Waals surface area contributed by atoms with Gasteiger partial charge in [0.25, 0.3) is 0 Å². The number of nitrogens with zero attached hydrogens (tertiary/aromatic N) is 1. The van der Waals surface area contributed by atoms with Crippen molar-refractivity contribution in [2.24, 2.45) is 0 Å². The van der Waals surface area contributed by atoms with E-state index in [0.29, 0.717) is 0 Å². The largest absolute Gasteiger partial charge is 0.497 e. The second-order valence-electron chi connectivity index (χ2n) is 3.93. The Morgan fingerprint density at radius 2 is 2.06 bits per heavy atom. The Labute approximate surface area is 102 Å². The van der Waals surface area contributed by atoms with Gasteiger partial charge in [0.2, 0.25) is 0 Å². The lowest BCUT2D eigenvalue weighted by molar-refractivity contribution is 0.415. The van der Waals surface area contributed by atoms with E-state index in [4.69, 9.17) is 4.74 Å². The SMILES string of the molecule is CCNc1cc(CC)nc2ccc(OC)cc12. The quantitative estimate of drug-likeness (QED) is 0.875. The van der Waals surface area contributed by atoms with Crippen molar-refractivity contribution in [2.45, 2.75) is 20.3 Å². The van der Waals surface area contributed by atoms with Gasteiger partial charge in [0.1, 0.15) is 5.75 Å². The molecule has 17 heavy (non-hydrogen) atoms. The van der Waals surface area contributed by atoms with Gasteiger partial charge in [-0.3, -0.25) is 4.98 Å². The van der Waals surface area contributed by atoms with Crippen LogP contribution in [0.15, 0.2) is 24.3 Å². The third-order valence-electron chi connectivity index (χ3n) is 2.80. The lowest BCUT2D eigenvalue weighted by Gasteiger charge is -2.11. The highest BCUT2D eigenvalue weighted by Crippen LogP contribution is 2.27. The summed E-state index contributed by atoms with van der Waals surface area (Å²) in [7, 11) is 1.68. The van der Waals surface area contributed by atoms with Gasteiger partial charge < -0.3 is 10.1 Å². The Morgan fingerprint density at radius 1 is 1.24 bits per heavy atom. The van der Waals surface area contributed by atoms with E-state index in [1.54, 1.807) is 7.11 Å². The molecule has 0 radical (unpaired) electrons. The van der Waals surface area contributed by atoms with Crippen molar-refractivity contribution in [1.29, 1.82) is 0 Å². The Kier molecular flexibility index (Phi) is 3.47. The Bertz CT molecular complexity index is 523. The third-order valence-corrected chi connectivity index (χ3v) is 2.80. The summed E-state index contributed by atoms with van der Waals surface area (Å²) in [5.41, 5.74) is 3.26. The number of rotatable bonds is 4. The minimum Gasteiger partial charge on any atom is -0.497 e. The first-order valence-electron chi connectivity index (χ1n) is 6.00. The zero-order valence-electron chi connectivity index (χ0n) is 10.6. The topological polar surface area (TPSA) is 34.2 Å². The van der Waals surface area contributed by atoms with Crippen LogP contribution in [-0.4, -0.2) is 18.6 Å². The molecule has 0 saturated heterocycles. The average molecular weight is 230 g/mol. The minimum atomic E-state index is 0.864. The van der Waals surface area contributed by atoms with Crippen LogP contribution in [0, 0.1) is 0 Å². The number of pyridine rings is 1. The molecule has 3 heteroatoms. The molecule has 0 aliphatic carbocycles. The second-order valence-corrected chi connectivity index (χ2v) is 3.93. The number of aromatic nitrogens is 1. The maximum atomic E-state index is 5.26. The molecule has 0 aliphatic heterocycles. The van der Waals surface area contributed by atoms with E-state index in [-0.39, 0.29) is 0 Å². The molecule has 1 heterocycles. The summed E-state index contributed by atoms with van der Waals surface area (Å²) in [5, 5.41) is 4.50. The number of anilines is 1. The molecule has 0 atom stereocenters. The summed E-state index contributed by atoms with van der Waals surface area (Å²) in [6.45, 7) is 5.12. The molecule has 1 aromatic heterocycles. The van der Waals surface area contributed by atoms with Gasteiger partial charge in [-0.25, -0.2) is 0 Å². The van der Waals surface area contributed by atoms with E-state index in [2.05, 4.69) is 30.2 Å². The van der Waals surface area contributed by atoms with E-state index in [1.807, 2.05) is 18.2 Å². The zero-order chi connectivity index (χ0) is 12.3. The maximum Gasteiger partial charge on any atom is 0.119 e. The molecule has 2 aromatic rings. The number of ether oxygens (including phenoxy) is 1. The average Bonchev–Trinajstić information content (AvgIpc) is 2.38. The maximum absolute atomic E-state index is 5.26. The van der Waals surface area contributed by atoms with Crippen molar-refractivity contribution in [3.05, 3.63) is 30.0 Å². The van der Waals surface area contributed by atoms with Crippen LogP contribution in [0.2, 0.25) is 0 Å². The summed E-state index contributed by atoms with van der Waals surface area (Å²) in [4.78, 5) is 4.62. The fourth-order valence-corrected chi connectivity index (χ4v) is 1.90. The number of nitrogens with one attached hydrogen (secondary N) is 1. The van der Waals surface area contributed by atoms with Crippen LogP contribution in [0.1, 0.15) is 19.5 Å². The molecule has 0 aliphatic rings. The summed E-state index contributed by atoms with van der Waals surface area (Å²) in [5.74, 6) is 0.864. The van der Waals surface area contributed by atoms with E-state index >= 15 is 0 Å². The van der Waals surface area contributed by atoms with Gasteiger partial charge in [-0.05, 0) is 37.6 Å². The number of hydrogen-bond donors (Lipinski definition) is 1. The van der Waals surface area contributed by atoms with Crippen LogP contribution in [-0.2, 0) is 6.42 Å². The standard InChI is InChI=1S/C14H18N2O/c1-4-10-8-14(15-5-2)12-9-11(17-3)6-7-13(12)16-10/h6-9H,4-5H2,1-3H3,(H,15,16). The van der Waals surface area contributed by atoms with Crippen molar-refractivity contribution >= 4 is 16.6 Å². The molecule has 90 valence electrons. The van der Waals surface area contributed by atoms with Gasteiger partial charge in [-0.1, -0.05) is 6.92 Å². The second kappa shape index (κ2) is 5.04. The van der Waals surface area contributed by atoms with Crippen molar-refractivity contribution in [3.63, 3.8) is 0 Å². The van der Waals surface area contributed by atoms with Gasteiger partial charge >= 0.3 is 0 Å². The number of aryl methyl sites for hydroxylation is 1. The lowest BCUT2D eigenvalue weighted by Crippen LogP contribution is -2.00. The fourth-order valence-electron chi connectivity index (χ4n) is 1.90. The summed E-state index contributed by atoms with van der Waals surface area (Å²) >= 11 is 0. The Hall–Kier alpha value is -1.77. The van der Waals surface area contributed by atoms with Crippen LogP contribution in [0.25, 0.3) is 10.9 Å². The highest BCUT2D eigenvalue weighted by Gasteiger charge is 2.05. The molecule has 0 spiro atoms. The molecule has 0 saturated carbocycles. The predicted octanol–water partition coefficient (Wildman–Crippen LogP) is 3.24. The van der Waals surface area contributed by atoms with Gasteiger partial charge in [-0.2, -0.15) is 0 Å². The normalized spacial score (nSPS) is 10.5. The van der Waals surface area contributed by atoms with Crippen molar-refractivity contribution < 1.29 is 4.74 Å². The number of hydrogen-bond acceptors (Lipinski definition) is 3. The van der Waals surface area contributed by atoms with Crippen LogP contribution < -0.4 is 10.1 Å². The molecular formula is C14H18N2O. The fraction of sp³-hybridized carbons (Fsp3) is 0.357. The highest BCUT2D eigenvalue weighted by molar-refractivity contribution is 5.92. The van der Waals surface area contributed by atoms with Crippen LogP contribution >= 0.6 is 0 Å². The third kappa shape index (κ3) is 2.33. The predicted molar refractivity (Wildman–Crippen MR) is 71.8 cm³/mol. The highest BCUT2D eigenvalue weighted by atomic mass is 16.5. The van der Waals surface area contributed by atoms with Crippen molar-refractivity contribution in [2.75, 3.05) is 19.0 Å². The Balaban J connectivity index is 2.63. The summed E-state index contributed by atoms with van der Waals surface area (Å²) in [6.07, 6.45) is 0.945. The van der Waals surface area contributed by atoms with Crippen LogP contribution in [0.3, 0.4) is 0 Å². The zero-order valence-corrected chi connectivity index (χ0v) is 10.6. The smallest absolute Gasteiger partial charge is 0.119 e. The summed E-state index contributed by atoms with van der Waals surface area (Å²) in [6, 6.07) is 8.10. The minimum absolute atomic E-state index is 0.864. The van der Waals surface area contributed by atoms with E-state index < -0.39 is 0 Å². The molecule has 3 nitrogen and oxygen atoms in total. The molecule has 1 N–H and O–H groups in total. The van der Waals surface area contributed by atoms with E-state index in [0.717, 1.165) is 41.0 Å². The van der Waals surface area contributed by atoms with E-state index in [9.17, 15) is 0 Å². The van der Waals surface area contributed by atoms with Crippen LogP contribution in [0.5, 0.6) is 5.75 Å². The van der Waals surface area contributed by atoms with Gasteiger partial charge in [0, 0.05) is 23.3 Å². The molecule has 2 rings (SSSR count). The van der Waals surface area contributed by atoms with Gasteiger partial charge in [0.15, 0.2) is 0 Å². The molecule has 0 fully saturated rings.